The van der Waals surface area contributed by atoms with Gasteiger partial charge in [0.2, 0.25) is 11.7 Å². The minimum absolute atomic E-state index is 0.291. The van der Waals surface area contributed by atoms with Crippen molar-refractivity contribution >= 4 is 28.7 Å². The highest BCUT2D eigenvalue weighted by atomic mass is 16.6. The second kappa shape index (κ2) is 6.91. The Kier molecular flexibility index (Phi) is 4.29. The first-order valence-electron chi connectivity index (χ1n) is 8.31. The van der Waals surface area contributed by atoms with Gasteiger partial charge in [-0.1, -0.05) is 0 Å². The van der Waals surface area contributed by atoms with Gasteiger partial charge in [-0.25, -0.2) is 4.79 Å². The van der Waals surface area contributed by atoms with E-state index in [1.165, 1.54) is 6.08 Å². The quantitative estimate of drug-likeness (QED) is 0.614. The van der Waals surface area contributed by atoms with Crippen LogP contribution >= 0.6 is 0 Å². The number of imidazole rings is 1. The van der Waals surface area contributed by atoms with Crippen LogP contribution in [0.1, 0.15) is 5.56 Å². The number of hydrogen-bond donors (Lipinski definition) is 3. The molecule has 0 saturated heterocycles. The number of rotatable bonds is 4. The molecule has 1 aromatic heterocycles. The van der Waals surface area contributed by atoms with Crippen molar-refractivity contribution in [3.63, 3.8) is 0 Å². The summed E-state index contributed by atoms with van der Waals surface area (Å²) in [4.78, 5) is 28.8. The maximum Gasteiger partial charge on any atom is 0.323 e. The molecule has 8 heteroatoms. The molecule has 138 valence electrons. The lowest BCUT2D eigenvalue weighted by Gasteiger charge is -2.20. The third kappa shape index (κ3) is 3.50. The van der Waals surface area contributed by atoms with Gasteiger partial charge in [0, 0.05) is 11.8 Å². The number of methoxy groups -OCH3 is 1. The van der Waals surface area contributed by atoms with E-state index in [4.69, 9.17) is 14.2 Å². The van der Waals surface area contributed by atoms with Crippen molar-refractivity contribution in [1.29, 1.82) is 0 Å². The molecule has 0 unspecified atom stereocenters. The van der Waals surface area contributed by atoms with Gasteiger partial charge in [0.1, 0.15) is 13.2 Å². The highest BCUT2D eigenvalue weighted by Gasteiger charge is 2.17. The van der Waals surface area contributed by atoms with Gasteiger partial charge in [0.05, 0.1) is 18.1 Å². The van der Waals surface area contributed by atoms with Crippen LogP contribution < -0.4 is 25.2 Å². The maximum atomic E-state index is 12.2. The van der Waals surface area contributed by atoms with Gasteiger partial charge in [-0.3, -0.25) is 4.79 Å². The molecule has 8 nitrogen and oxygen atoms in total. The van der Waals surface area contributed by atoms with Crippen molar-refractivity contribution in [2.75, 3.05) is 25.6 Å². The Hall–Kier alpha value is -3.68. The van der Waals surface area contributed by atoms with E-state index in [1.54, 1.807) is 43.5 Å². The molecule has 1 aliphatic rings. The summed E-state index contributed by atoms with van der Waals surface area (Å²) in [6.45, 7) is 0.936. The average Bonchev–Trinajstić information content (AvgIpc) is 3.05. The van der Waals surface area contributed by atoms with Gasteiger partial charge in [-0.2, -0.15) is 0 Å². The summed E-state index contributed by atoms with van der Waals surface area (Å²) in [5, 5.41) is 2.76. The highest BCUT2D eigenvalue weighted by Crippen LogP contribution is 2.40. The normalized spacial score (nSPS) is 13.1. The fourth-order valence-corrected chi connectivity index (χ4v) is 2.86. The molecule has 2 heterocycles. The third-order valence-corrected chi connectivity index (χ3v) is 4.06. The van der Waals surface area contributed by atoms with Gasteiger partial charge >= 0.3 is 5.69 Å². The molecule has 27 heavy (non-hydrogen) atoms. The van der Waals surface area contributed by atoms with E-state index in [1.807, 2.05) is 0 Å². The number of carbonyl (C=O) groups excluding carboxylic acids is 1. The number of aromatic nitrogens is 2. The van der Waals surface area contributed by atoms with E-state index in [0.29, 0.717) is 47.2 Å². The third-order valence-electron chi connectivity index (χ3n) is 4.06. The number of fused-ring (bicyclic) bond motifs is 2. The van der Waals surface area contributed by atoms with Crippen molar-refractivity contribution < 1.29 is 19.0 Å². The zero-order chi connectivity index (χ0) is 18.8. The SMILES string of the molecule is COc1cc(/C=C/C(=O)Nc2ccc3[nH]c(=O)[nH]c3c2)cc2c1OCCO2. The molecule has 0 atom stereocenters. The molecule has 2 aromatic carbocycles. The van der Waals surface area contributed by atoms with Crippen LogP contribution in [0.25, 0.3) is 17.1 Å². The van der Waals surface area contributed by atoms with Crippen molar-refractivity contribution in [3.05, 3.63) is 52.5 Å². The zero-order valence-electron chi connectivity index (χ0n) is 14.5. The molecule has 3 N–H and O–H groups in total. The molecule has 3 aromatic rings. The van der Waals surface area contributed by atoms with Gasteiger partial charge in [0.25, 0.3) is 0 Å². The largest absolute Gasteiger partial charge is 0.493 e. The van der Waals surface area contributed by atoms with E-state index in [0.717, 1.165) is 5.56 Å². The lowest BCUT2D eigenvalue weighted by molar-refractivity contribution is -0.111. The summed E-state index contributed by atoms with van der Waals surface area (Å²) in [6, 6.07) is 8.68. The Labute approximate surface area is 153 Å². The fourth-order valence-electron chi connectivity index (χ4n) is 2.86. The summed E-state index contributed by atoms with van der Waals surface area (Å²) < 4.78 is 16.5. The predicted octanol–water partition coefficient (Wildman–Crippen LogP) is 2.29. The van der Waals surface area contributed by atoms with Crippen molar-refractivity contribution in [2.24, 2.45) is 0 Å². The van der Waals surface area contributed by atoms with Crippen LogP contribution in [0.15, 0.2) is 41.2 Å². The van der Waals surface area contributed by atoms with Gasteiger partial charge in [0.15, 0.2) is 11.5 Å². The predicted molar refractivity (Wildman–Crippen MR) is 101 cm³/mol. The second-order valence-electron chi connectivity index (χ2n) is 5.91. The van der Waals surface area contributed by atoms with E-state index >= 15 is 0 Å². The lowest BCUT2D eigenvalue weighted by atomic mass is 10.1. The molecule has 1 amide bonds. The number of benzene rings is 2. The lowest BCUT2D eigenvalue weighted by Crippen LogP contribution is -2.16. The van der Waals surface area contributed by atoms with E-state index < -0.39 is 0 Å². The number of aromatic amines is 2. The summed E-state index contributed by atoms with van der Waals surface area (Å²) in [5.74, 6) is 1.40. The Morgan fingerprint density at radius 2 is 1.96 bits per heavy atom. The van der Waals surface area contributed by atoms with Crippen LogP contribution in [-0.2, 0) is 4.79 Å². The fraction of sp³-hybridized carbons (Fsp3) is 0.158. The van der Waals surface area contributed by atoms with Crippen molar-refractivity contribution in [3.8, 4) is 17.2 Å². The second-order valence-corrected chi connectivity index (χ2v) is 5.91. The number of anilines is 1. The van der Waals surface area contributed by atoms with Gasteiger partial charge < -0.3 is 29.5 Å². The van der Waals surface area contributed by atoms with Crippen LogP contribution in [0.4, 0.5) is 5.69 Å². The molecule has 4 rings (SSSR count). The molecule has 0 bridgehead atoms. The zero-order valence-corrected chi connectivity index (χ0v) is 14.5. The standard InChI is InChI=1S/C19H17N3O5/c1-25-15-8-11(9-16-18(15)27-7-6-26-16)2-5-17(23)20-12-3-4-13-14(10-12)22-19(24)21-13/h2-5,8-10H,6-7H2,1H3,(H,20,23)(H2,21,22,24)/b5-2+. The molecule has 1 aliphatic heterocycles. The van der Waals surface area contributed by atoms with Crippen LogP contribution in [0.5, 0.6) is 17.2 Å². The Morgan fingerprint density at radius 1 is 1.15 bits per heavy atom. The molecule has 0 spiro atoms. The minimum atomic E-state index is -0.305. The van der Waals surface area contributed by atoms with Crippen molar-refractivity contribution in [1.82, 2.24) is 9.97 Å². The average molecular weight is 367 g/mol. The van der Waals surface area contributed by atoms with Crippen LogP contribution in [0.2, 0.25) is 0 Å². The van der Waals surface area contributed by atoms with E-state index in [9.17, 15) is 9.59 Å². The molecule has 0 saturated carbocycles. The van der Waals surface area contributed by atoms with Gasteiger partial charge in [-0.15, -0.1) is 0 Å². The first-order chi connectivity index (χ1) is 13.1. The Morgan fingerprint density at radius 3 is 2.81 bits per heavy atom. The summed E-state index contributed by atoms with van der Waals surface area (Å²) in [5.41, 5.74) is 2.33. The van der Waals surface area contributed by atoms with Crippen LogP contribution in [0, 0.1) is 0 Å². The summed E-state index contributed by atoms with van der Waals surface area (Å²) >= 11 is 0. The van der Waals surface area contributed by atoms with Crippen LogP contribution in [0.3, 0.4) is 0 Å². The molecular weight excluding hydrogens is 350 g/mol. The van der Waals surface area contributed by atoms with Gasteiger partial charge in [-0.05, 0) is 42.0 Å². The van der Waals surface area contributed by atoms with E-state index in [-0.39, 0.29) is 11.6 Å². The maximum absolute atomic E-state index is 12.2. The Bertz CT molecular complexity index is 1080. The minimum Gasteiger partial charge on any atom is -0.493 e. The first-order valence-corrected chi connectivity index (χ1v) is 8.31. The summed E-state index contributed by atoms with van der Waals surface area (Å²) in [6.07, 6.45) is 3.07. The molecule has 0 aliphatic carbocycles. The molecule has 0 fully saturated rings. The number of ether oxygens (including phenoxy) is 3. The van der Waals surface area contributed by atoms with Crippen molar-refractivity contribution in [2.45, 2.75) is 0 Å². The number of amides is 1. The summed E-state index contributed by atoms with van der Waals surface area (Å²) in [7, 11) is 1.55. The van der Waals surface area contributed by atoms with E-state index in [2.05, 4.69) is 15.3 Å². The highest BCUT2D eigenvalue weighted by molar-refractivity contribution is 6.02. The molecular formula is C19H17N3O5. The number of carbonyl (C=O) groups is 1. The number of nitrogens with one attached hydrogen (secondary N) is 3. The first kappa shape index (κ1) is 16.8. The Balaban J connectivity index is 1.51. The monoisotopic (exact) mass is 367 g/mol. The van der Waals surface area contributed by atoms with Crippen LogP contribution in [-0.4, -0.2) is 36.2 Å². The number of hydrogen-bond acceptors (Lipinski definition) is 5. The smallest absolute Gasteiger partial charge is 0.323 e. The topological polar surface area (TPSA) is 105 Å². The number of H-pyrrole nitrogens is 2. The molecule has 0 radical (unpaired) electrons.